The zero-order valence-corrected chi connectivity index (χ0v) is 17.5. The molecule has 0 unspecified atom stereocenters. The third-order valence-electron chi connectivity index (χ3n) is 5.06. The summed E-state index contributed by atoms with van der Waals surface area (Å²) in [5, 5.41) is 3.44. The van der Waals surface area contributed by atoms with Crippen molar-refractivity contribution in [2.24, 2.45) is 0 Å². The molecule has 1 N–H and O–H groups in total. The van der Waals surface area contributed by atoms with E-state index in [4.69, 9.17) is 16.3 Å². The van der Waals surface area contributed by atoms with Crippen LogP contribution in [0.1, 0.15) is 11.1 Å². The van der Waals surface area contributed by atoms with Gasteiger partial charge >= 0.3 is 0 Å². The SMILES string of the molecule is COc1ccc(C2=C(Nc3ccc(F)cc3)C(=O)N(c3cccc(Cl)c3C)C2=O)cc1. The summed E-state index contributed by atoms with van der Waals surface area (Å²) in [7, 11) is 1.55. The van der Waals surface area contributed by atoms with Crippen molar-refractivity contribution in [1.29, 1.82) is 0 Å². The van der Waals surface area contributed by atoms with Gasteiger partial charge in [-0.3, -0.25) is 9.59 Å². The monoisotopic (exact) mass is 436 g/mol. The molecule has 0 saturated carbocycles. The first-order valence-electron chi connectivity index (χ1n) is 9.46. The average molecular weight is 437 g/mol. The molecule has 0 atom stereocenters. The highest BCUT2D eigenvalue weighted by Crippen LogP contribution is 2.37. The van der Waals surface area contributed by atoms with Crippen LogP contribution in [0, 0.1) is 12.7 Å². The van der Waals surface area contributed by atoms with Crippen LogP contribution in [0.5, 0.6) is 5.75 Å². The normalized spacial score (nSPS) is 13.7. The lowest BCUT2D eigenvalue weighted by Gasteiger charge is -2.18. The van der Waals surface area contributed by atoms with Crippen molar-refractivity contribution >= 4 is 40.4 Å². The van der Waals surface area contributed by atoms with Crippen LogP contribution < -0.4 is 15.0 Å². The maximum absolute atomic E-state index is 13.5. The summed E-state index contributed by atoms with van der Waals surface area (Å²) in [5.41, 5.74) is 2.35. The van der Waals surface area contributed by atoms with E-state index in [1.54, 1.807) is 56.5 Å². The molecule has 0 radical (unpaired) electrons. The molecule has 3 aromatic carbocycles. The van der Waals surface area contributed by atoms with Gasteiger partial charge in [0.25, 0.3) is 11.8 Å². The molecule has 7 heteroatoms. The zero-order valence-electron chi connectivity index (χ0n) is 16.8. The van der Waals surface area contributed by atoms with Crippen molar-refractivity contribution in [3.63, 3.8) is 0 Å². The smallest absolute Gasteiger partial charge is 0.282 e. The Kier molecular flexibility index (Phi) is 5.48. The Morgan fingerprint density at radius 2 is 1.61 bits per heavy atom. The molecule has 0 aromatic heterocycles. The van der Waals surface area contributed by atoms with Gasteiger partial charge in [0.1, 0.15) is 17.3 Å². The second-order valence-electron chi connectivity index (χ2n) is 6.94. The number of carbonyl (C=O) groups excluding carboxylic acids is 2. The van der Waals surface area contributed by atoms with E-state index in [9.17, 15) is 14.0 Å². The van der Waals surface area contributed by atoms with Crippen molar-refractivity contribution in [1.82, 2.24) is 0 Å². The quantitative estimate of drug-likeness (QED) is 0.559. The first-order valence-corrected chi connectivity index (χ1v) is 9.83. The topological polar surface area (TPSA) is 58.6 Å². The standard InChI is InChI=1S/C24H18ClFN2O3/c1-14-19(25)4-3-5-20(14)28-23(29)21(15-6-12-18(31-2)13-7-15)22(24(28)30)27-17-10-8-16(26)9-11-17/h3-13,27H,1-2H3. The number of anilines is 2. The molecule has 156 valence electrons. The van der Waals surface area contributed by atoms with E-state index in [2.05, 4.69) is 5.32 Å². The lowest BCUT2D eigenvalue weighted by atomic mass is 10.0. The number of amides is 2. The van der Waals surface area contributed by atoms with Crippen LogP contribution in [0.25, 0.3) is 5.57 Å². The summed E-state index contributed by atoms with van der Waals surface area (Å²) in [5.74, 6) is -0.785. The van der Waals surface area contributed by atoms with Gasteiger partial charge in [-0.1, -0.05) is 29.8 Å². The molecule has 1 aliphatic rings. The highest BCUT2D eigenvalue weighted by atomic mass is 35.5. The zero-order chi connectivity index (χ0) is 22.1. The molecule has 1 aliphatic heterocycles. The minimum Gasteiger partial charge on any atom is -0.497 e. The molecular formula is C24H18ClFN2O3. The second-order valence-corrected chi connectivity index (χ2v) is 7.35. The lowest BCUT2D eigenvalue weighted by molar-refractivity contribution is -0.120. The van der Waals surface area contributed by atoms with E-state index in [0.29, 0.717) is 33.3 Å². The summed E-state index contributed by atoms with van der Waals surface area (Å²) in [4.78, 5) is 28.0. The number of hydrogen-bond donors (Lipinski definition) is 1. The van der Waals surface area contributed by atoms with E-state index in [1.807, 2.05) is 0 Å². The van der Waals surface area contributed by atoms with Crippen LogP contribution in [0.15, 0.2) is 72.4 Å². The number of benzene rings is 3. The summed E-state index contributed by atoms with van der Waals surface area (Å²) >= 11 is 6.23. The van der Waals surface area contributed by atoms with Crippen LogP contribution in [-0.2, 0) is 9.59 Å². The fraction of sp³-hybridized carbons (Fsp3) is 0.0833. The van der Waals surface area contributed by atoms with Crippen molar-refractivity contribution in [2.45, 2.75) is 6.92 Å². The lowest BCUT2D eigenvalue weighted by Crippen LogP contribution is -2.33. The largest absolute Gasteiger partial charge is 0.497 e. The molecule has 0 aliphatic carbocycles. The average Bonchev–Trinajstić information content (AvgIpc) is 3.01. The van der Waals surface area contributed by atoms with Crippen LogP contribution in [0.4, 0.5) is 15.8 Å². The van der Waals surface area contributed by atoms with Crippen LogP contribution >= 0.6 is 11.6 Å². The number of methoxy groups -OCH3 is 1. The number of nitrogens with one attached hydrogen (secondary N) is 1. The van der Waals surface area contributed by atoms with Crippen molar-refractivity contribution < 1.29 is 18.7 Å². The van der Waals surface area contributed by atoms with Crippen molar-refractivity contribution in [3.05, 3.63) is 94.4 Å². The van der Waals surface area contributed by atoms with Gasteiger partial charge < -0.3 is 10.1 Å². The summed E-state index contributed by atoms with van der Waals surface area (Å²) in [6.45, 7) is 1.75. The molecule has 2 amide bonds. The second kappa shape index (κ2) is 8.24. The number of nitrogens with zero attached hydrogens (tertiary/aromatic N) is 1. The number of hydrogen-bond acceptors (Lipinski definition) is 4. The first kappa shape index (κ1) is 20.6. The predicted molar refractivity (Wildman–Crippen MR) is 119 cm³/mol. The van der Waals surface area contributed by atoms with Gasteiger partial charge in [-0.2, -0.15) is 0 Å². The van der Waals surface area contributed by atoms with Gasteiger partial charge in [-0.05, 0) is 66.6 Å². The number of carbonyl (C=O) groups is 2. The molecule has 0 spiro atoms. The molecule has 3 aromatic rings. The van der Waals surface area contributed by atoms with E-state index in [-0.39, 0.29) is 11.3 Å². The fourth-order valence-corrected chi connectivity index (χ4v) is 3.58. The maximum atomic E-state index is 13.5. The summed E-state index contributed by atoms with van der Waals surface area (Å²) < 4.78 is 18.5. The van der Waals surface area contributed by atoms with Gasteiger partial charge in [0.2, 0.25) is 0 Å². The van der Waals surface area contributed by atoms with Crippen molar-refractivity contribution in [3.8, 4) is 5.75 Å². The predicted octanol–water partition coefficient (Wildman–Crippen LogP) is 5.19. The number of ether oxygens (including phenoxy) is 1. The Labute approximate surface area is 183 Å². The fourth-order valence-electron chi connectivity index (χ4n) is 3.41. The molecule has 0 bridgehead atoms. The van der Waals surface area contributed by atoms with Gasteiger partial charge in [0, 0.05) is 10.7 Å². The van der Waals surface area contributed by atoms with Crippen LogP contribution in [-0.4, -0.2) is 18.9 Å². The Bertz CT molecular complexity index is 1200. The number of imide groups is 1. The molecule has 0 saturated heterocycles. The Balaban J connectivity index is 1.83. The third-order valence-corrected chi connectivity index (χ3v) is 5.47. The van der Waals surface area contributed by atoms with E-state index in [0.717, 1.165) is 4.90 Å². The van der Waals surface area contributed by atoms with Gasteiger partial charge in [-0.15, -0.1) is 0 Å². The maximum Gasteiger partial charge on any atom is 0.282 e. The van der Waals surface area contributed by atoms with Crippen LogP contribution in [0.2, 0.25) is 5.02 Å². The Morgan fingerprint density at radius 3 is 2.26 bits per heavy atom. The molecule has 1 heterocycles. The Hall–Kier alpha value is -3.64. The minimum atomic E-state index is -0.523. The number of halogens is 2. The number of rotatable bonds is 5. The van der Waals surface area contributed by atoms with Crippen molar-refractivity contribution in [2.75, 3.05) is 17.3 Å². The van der Waals surface area contributed by atoms with Gasteiger partial charge in [-0.25, -0.2) is 9.29 Å². The highest BCUT2D eigenvalue weighted by molar-refractivity contribution is 6.46. The molecule has 4 rings (SSSR count). The molecule has 31 heavy (non-hydrogen) atoms. The summed E-state index contributed by atoms with van der Waals surface area (Å²) in [6.07, 6.45) is 0. The minimum absolute atomic E-state index is 0.0983. The van der Waals surface area contributed by atoms with Crippen LogP contribution in [0.3, 0.4) is 0 Å². The highest BCUT2D eigenvalue weighted by Gasteiger charge is 2.41. The molecular weight excluding hydrogens is 419 g/mol. The van der Waals surface area contributed by atoms with E-state index in [1.165, 1.54) is 24.3 Å². The molecule has 0 fully saturated rings. The van der Waals surface area contributed by atoms with Gasteiger partial charge in [0.05, 0.1) is 18.4 Å². The van der Waals surface area contributed by atoms with E-state index < -0.39 is 17.6 Å². The third kappa shape index (κ3) is 3.78. The summed E-state index contributed by atoms with van der Waals surface area (Å²) in [6, 6.07) is 17.4. The van der Waals surface area contributed by atoms with E-state index >= 15 is 0 Å². The first-order chi connectivity index (χ1) is 14.9. The Morgan fingerprint density at radius 1 is 0.935 bits per heavy atom. The molecule has 5 nitrogen and oxygen atoms in total. The van der Waals surface area contributed by atoms with Gasteiger partial charge in [0.15, 0.2) is 0 Å².